The molecule has 4 heteroatoms. The first kappa shape index (κ1) is 15.0. The highest BCUT2D eigenvalue weighted by molar-refractivity contribution is 9.09. The van der Waals surface area contributed by atoms with E-state index in [9.17, 15) is 4.79 Å². The summed E-state index contributed by atoms with van der Waals surface area (Å²) in [7, 11) is 1.97. The van der Waals surface area contributed by atoms with Crippen LogP contribution in [0, 0.1) is 0 Å². The summed E-state index contributed by atoms with van der Waals surface area (Å²) in [4.78, 5) is 16.4. The van der Waals surface area contributed by atoms with Crippen molar-refractivity contribution < 1.29 is 4.79 Å². The molecule has 0 unspecified atom stereocenters. The Morgan fingerprint density at radius 1 is 1.35 bits per heavy atom. The van der Waals surface area contributed by atoms with E-state index in [0.29, 0.717) is 18.4 Å². The molecule has 17 heavy (non-hydrogen) atoms. The maximum absolute atomic E-state index is 12.0. The molecular formula is C13H25BrN2O. The molecule has 0 aliphatic carbocycles. The summed E-state index contributed by atoms with van der Waals surface area (Å²) in [5.74, 6) is 0.320. The van der Waals surface area contributed by atoms with Gasteiger partial charge in [-0.3, -0.25) is 4.79 Å². The molecule has 3 nitrogen and oxygen atoms in total. The minimum Gasteiger partial charge on any atom is -0.343 e. The number of hydrogen-bond donors (Lipinski definition) is 0. The standard InChI is InChI=1S/C13H25BrN2O/c1-3-16-10-7-12(8-11-16)15(2)13(17)6-4-5-9-14/h12H,3-11H2,1-2H3. The lowest BCUT2D eigenvalue weighted by Gasteiger charge is -2.36. The summed E-state index contributed by atoms with van der Waals surface area (Å²) < 4.78 is 0. The molecule has 1 amide bonds. The highest BCUT2D eigenvalue weighted by Gasteiger charge is 2.24. The van der Waals surface area contributed by atoms with Gasteiger partial charge in [0.15, 0.2) is 0 Å². The lowest BCUT2D eigenvalue weighted by Crippen LogP contribution is -2.45. The first-order valence-corrected chi connectivity index (χ1v) is 7.85. The van der Waals surface area contributed by atoms with Crippen LogP contribution in [0.15, 0.2) is 0 Å². The van der Waals surface area contributed by atoms with Crippen LogP contribution >= 0.6 is 15.9 Å². The third kappa shape index (κ3) is 4.96. The molecule has 0 N–H and O–H groups in total. The van der Waals surface area contributed by atoms with Crippen molar-refractivity contribution in [3.8, 4) is 0 Å². The fourth-order valence-electron chi connectivity index (χ4n) is 2.37. The second-order valence-electron chi connectivity index (χ2n) is 4.82. The SMILES string of the molecule is CCN1CCC(N(C)C(=O)CCCCBr)CC1. The van der Waals surface area contributed by atoms with Crippen LogP contribution in [-0.2, 0) is 4.79 Å². The number of likely N-dealkylation sites (tertiary alicyclic amines) is 1. The van der Waals surface area contributed by atoms with Gasteiger partial charge in [-0.1, -0.05) is 22.9 Å². The van der Waals surface area contributed by atoms with Gasteiger partial charge < -0.3 is 9.80 Å². The number of carbonyl (C=O) groups excluding carboxylic acids is 1. The first-order valence-electron chi connectivity index (χ1n) is 6.73. The number of amides is 1. The van der Waals surface area contributed by atoms with Crippen LogP contribution in [0.1, 0.15) is 39.0 Å². The van der Waals surface area contributed by atoms with E-state index in [4.69, 9.17) is 0 Å². The maximum atomic E-state index is 12.0. The summed E-state index contributed by atoms with van der Waals surface area (Å²) in [5, 5.41) is 0.999. The minimum absolute atomic E-state index is 0.320. The number of piperidine rings is 1. The van der Waals surface area contributed by atoms with Crippen LogP contribution in [0.2, 0.25) is 0 Å². The van der Waals surface area contributed by atoms with Crippen molar-refractivity contribution in [2.45, 2.75) is 45.1 Å². The summed E-state index contributed by atoms with van der Waals surface area (Å²) in [6, 6.07) is 0.467. The molecule has 0 bridgehead atoms. The smallest absolute Gasteiger partial charge is 0.222 e. The Labute approximate surface area is 114 Å². The van der Waals surface area contributed by atoms with Crippen molar-refractivity contribution in [2.75, 3.05) is 32.0 Å². The lowest BCUT2D eigenvalue weighted by molar-refractivity contribution is -0.132. The van der Waals surface area contributed by atoms with Crippen LogP contribution in [0.25, 0.3) is 0 Å². The van der Waals surface area contributed by atoms with E-state index in [1.54, 1.807) is 0 Å². The van der Waals surface area contributed by atoms with Gasteiger partial charge in [0.2, 0.25) is 5.91 Å². The molecule has 1 heterocycles. The normalized spacial score (nSPS) is 18.3. The van der Waals surface area contributed by atoms with Crippen LogP contribution in [0.3, 0.4) is 0 Å². The summed E-state index contributed by atoms with van der Waals surface area (Å²) in [6.45, 7) is 5.62. The monoisotopic (exact) mass is 304 g/mol. The molecular weight excluding hydrogens is 280 g/mol. The van der Waals surface area contributed by atoms with Crippen LogP contribution in [0.4, 0.5) is 0 Å². The van der Waals surface area contributed by atoms with Crippen molar-refractivity contribution in [1.82, 2.24) is 9.80 Å². The largest absolute Gasteiger partial charge is 0.343 e. The van der Waals surface area contributed by atoms with Crippen LogP contribution < -0.4 is 0 Å². The number of halogens is 1. The predicted octanol–water partition coefficient (Wildman–Crippen LogP) is 2.49. The third-order valence-corrected chi connectivity index (χ3v) is 4.28. The molecule has 0 aromatic rings. The molecule has 0 saturated carbocycles. The zero-order valence-corrected chi connectivity index (χ0v) is 12.7. The Bertz CT molecular complexity index is 227. The minimum atomic E-state index is 0.320. The van der Waals surface area contributed by atoms with Gasteiger partial charge in [-0.15, -0.1) is 0 Å². The Morgan fingerprint density at radius 3 is 2.53 bits per heavy atom. The van der Waals surface area contributed by atoms with Gasteiger partial charge in [-0.2, -0.15) is 0 Å². The lowest BCUT2D eigenvalue weighted by atomic mass is 10.0. The predicted molar refractivity (Wildman–Crippen MR) is 75.6 cm³/mol. The maximum Gasteiger partial charge on any atom is 0.222 e. The number of carbonyl (C=O) groups is 1. The molecule has 0 atom stereocenters. The average Bonchev–Trinajstić information content (AvgIpc) is 2.38. The number of hydrogen-bond acceptors (Lipinski definition) is 2. The quantitative estimate of drug-likeness (QED) is 0.556. The summed E-state index contributed by atoms with van der Waals surface area (Å²) >= 11 is 3.40. The number of unbranched alkanes of at least 4 members (excludes halogenated alkanes) is 1. The molecule has 1 aliphatic rings. The van der Waals surface area contributed by atoms with Gasteiger partial charge >= 0.3 is 0 Å². The second-order valence-corrected chi connectivity index (χ2v) is 5.61. The van der Waals surface area contributed by atoms with E-state index in [1.807, 2.05) is 11.9 Å². The molecule has 1 fully saturated rings. The molecule has 1 aliphatic heterocycles. The van der Waals surface area contributed by atoms with Crippen molar-refractivity contribution in [3.05, 3.63) is 0 Å². The van der Waals surface area contributed by atoms with Crippen molar-refractivity contribution in [3.63, 3.8) is 0 Å². The second kappa shape index (κ2) is 8.09. The molecule has 0 aromatic carbocycles. The van der Waals surface area contributed by atoms with Crippen LogP contribution in [0.5, 0.6) is 0 Å². The fourth-order valence-corrected chi connectivity index (χ4v) is 2.77. The van der Waals surface area contributed by atoms with Crippen molar-refractivity contribution in [1.29, 1.82) is 0 Å². The molecule has 100 valence electrons. The molecule has 1 saturated heterocycles. The van der Waals surface area contributed by atoms with E-state index in [0.717, 1.165) is 50.6 Å². The van der Waals surface area contributed by atoms with Crippen LogP contribution in [-0.4, -0.2) is 53.8 Å². The zero-order chi connectivity index (χ0) is 12.7. The number of nitrogens with zero attached hydrogens (tertiary/aromatic N) is 2. The van der Waals surface area contributed by atoms with E-state index < -0.39 is 0 Å². The highest BCUT2D eigenvalue weighted by Crippen LogP contribution is 2.16. The number of rotatable bonds is 6. The Morgan fingerprint density at radius 2 is 2.00 bits per heavy atom. The summed E-state index contributed by atoms with van der Waals surface area (Å²) in [5.41, 5.74) is 0. The van der Waals surface area contributed by atoms with Gasteiger partial charge in [0.1, 0.15) is 0 Å². The van der Waals surface area contributed by atoms with E-state index in [1.165, 1.54) is 0 Å². The van der Waals surface area contributed by atoms with E-state index in [-0.39, 0.29) is 0 Å². The fraction of sp³-hybridized carbons (Fsp3) is 0.923. The van der Waals surface area contributed by atoms with E-state index in [2.05, 4.69) is 27.8 Å². The van der Waals surface area contributed by atoms with E-state index >= 15 is 0 Å². The van der Waals surface area contributed by atoms with Gasteiger partial charge in [0.05, 0.1) is 0 Å². The Kier molecular flexibility index (Phi) is 7.12. The molecule has 0 radical (unpaired) electrons. The summed E-state index contributed by atoms with van der Waals surface area (Å²) in [6.07, 6.45) is 5.06. The van der Waals surface area contributed by atoms with Gasteiger partial charge in [0.25, 0.3) is 0 Å². The van der Waals surface area contributed by atoms with Gasteiger partial charge in [-0.25, -0.2) is 0 Å². The topological polar surface area (TPSA) is 23.6 Å². The van der Waals surface area contributed by atoms with Gasteiger partial charge in [-0.05, 0) is 32.2 Å². The number of alkyl halides is 1. The third-order valence-electron chi connectivity index (χ3n) is 3.72. The molecule has 1 rings (SSSR count). The van der Waals surface area contributed by atoms with Crippen molar-refractivity contribution >= 4 is 21.8 Å². The zero-order valence-electron chi connectivity index (χ0n) is 11.1. The molecule has 0 aromatic heterocycles. The average molecular weight is 305 g/mol. The van der Waals surface area contributed by atoms with Crippen molar-refractivity contribution in [2.24, 2.45) is 0 Å². The van der Waals surface area contributed by atoms with Gasteiger partial charge in [0, 0.05) is 37.9 Å². The highest BCUT2D eigenvalue weighted by atomic mass is 79.9. The Hall–Kier alpha value is -0.0900. The first-order chi connectivity index (χ1) is 8.19. The molecule has 0 spiro atoms. The Balaban J connectivity index is 2.27.